The third-order valence-electron chi connectivity index (χ3n) is 1.70. The molecular weight excluding hydrogens is 230 g/mol. The van der Waals surface area contributed by atoms with Crippen molar-refractivity contribution in [1.29, 1.82) is 0 Å². The summed E-state index contributed by atoms with van der Waals surface area (Å²) >= 11 is 3.32. The Labute approximate surface area is 86.5 Å². The molecule has 2 nitrogen and oxygen atoms in total. The second-order valence-corrected chi connectivity index (χ2v) is 3.63. The number of carbonyl (C=O) groups excluding carboxylic acids is 1. The summed E-state index contributed by atoms with van der Waals surface area (Å²) in [4.78, 5) is 11.4. The van der Waals surface area contributed by atoms with E-state index in [4.69, 9.17) is 0 Å². The highest BCUT2D eigenvalue weighted by atomic mass is 79.9. The standard InChI is InChI=1S/C10H12BrNO/c1-2-12-7-10(13)8-3-5-9(11)6-4-8/h3-6,12H,2,7H2,1H3. The Hall–Kier alpha value is -0.670. The average Bonchev–Trinajstić information content (AvgIpc) is 2.15. The van der Waals surface area contributed by atoms with Gasteiger partial charge in [0, 0.05) is 10.0 Å². The second-order valence-electron chi connectivity index (χ2n) is 2.71. The minimum absolute atomic E-state index is 0.134. The molecule has 0 spiro atoms. The molecule has 0 aliphatic heterocycles. The summed E-state index contributed by atoms with van der Waals surface area (Å²) < 4.78 is 0.993. The molecule has 1 N–H and O–H groups in total. The Morgan fingerprint density at radius 1 is 1.38 bits per heavy atom. The molecule has 0 amide bonds. The third-order valence-corrected chi connectivity index (χ3v) is 2.23. The maximum atomic E-state index is 11.4. The van der Waals surface area contributed by atoms with Crippen LogP contribution in [-0.4, -0.2) is 18.9 Å². The van der Waals surface area contributed by atoms with Crippen LogP contribution in [0.5, 0.6) is 0 Å². The molecule has 0 saturated carbocycles. The average molecular weight is 242 g/mol. The van der Waals surface area contributed by atoms with Crippen LogP contribution in [0.3, 0.4) is 0 Å². The summed E-state index contributed by atoms with van der Waals surface area (Å²) in [5.74, 6) is 0.134. The maximum Gasteiger partial charge on any atom is 0.176 e. The molecule has 0 fully saturated rings. The number of likely N-dealkylation sites (N-methyl/N-ethyl adjacent to an activating group) is 1. The summed E-state index contributed by atoms with van der Waals surface area (Å²) in [6, 6.07) is 7.39. The fourth-order valence-corrected chi connectivity index (χ4v) is 1.24. The zero-order valence-electron chi connectivity index (χ0n) is 7.51. The summed E-state index contributed by atoms with van der Waals surface area (Å²) in [6.07, 6.45) is 0. The largest absolute Gasteiger partial charge is 0.310 e. The summed E-state index contributed by atoms with van der Waals surface area (Å²) in [7, 11) is 0. The Balaban J connectivity index is 2.61. The first-order valence-corrected chi connectivity index (χ1v) is 5.03. The molecule has 1 aromatic carbocycles. The van der Waals surface area contributed by atoms with E-state index in [-0.39, 0.29) is 5.78 Å². The number of ketones is 1. The van der Waals surface area contributed by atoms with Crippen molar-refractivity contribution in [1.82, 2.24) is 5.32 Å². The molecule has 0 aromatic heterocycles. The number of hydrogen-bond donors (Lipinski definition) is 1. The van der Waals surface area contributed by atoms with Gasteiger partial charge >= 0.3 is 0 Å². The minimum atomic E-state index is 0.134. The van der Waals surface area contributed by atoms with Gasteiger partial charge in [0.25, 0.3) is 0 Å². The van der Waals surface area contributed by atoms with Gasteiger partial charge in [0.1, 0.15) is 0 Å². The molecule has 0 unspecified atom stereocenters. The number of nitrogens with one attached hydrogen (secondary N) is 1. The van der Waals surface area contributed by atoms with Gasteiger partial charge in [-0.2, -0.15) is 0 Å². The van der Waals surface area contributed by atoms with E-state index < -0.39 is 0 Å². The van der Waals surface area contributed by atoms with Crippen molar-refractivity contribution < 1.29 is 4.79 Å². The van der Waals surface area contributed by atoms with E-state index in [0.29, 0.717) is 6.54 Å². The van der Waals surface area contributed by atoms with Crippen LogP contribution >= 0.6 is 15.9 Å². The summed E-state index contributed by atoms with van der Waals surface area (Å²) in [5.41, 5.74) is 0.754. The maximum absolute atomic E-state index is 11.4. The zero-order chi connectivity index (χ0) is 9.68. The first-order chi connectivity index (χ1) is 6.24. The highest BCUT2D eigenvalue weighted by Crippen LogP contribution is 2.10. The van der Waals surface area contributed by atoms with E-state index in [0.717, 1.165) is 16.6 Å². The number of rotatable bonds is 4. The molecule has 0 atom stereocenters. The number of carbonyl (C=O) groups is 1. The Morgan fingerprint density at radius 2 is 2.00 bits per heavy atom. The van der Waals surface area contributed by atoms with Gasteiger partial charge in [-0.15, -0.1) is 0 Å². The van der Waals surface area contributed by atoms with E-state index >= 15 is 0 Å². The van der Waals surface area contributed by atoms with Crippen LogP contribution in [0.25, 0.3) is 0 Å². The molecule has 0 saturated heterocycles. The number of halogens is 1. The van der Waals surface area contributed by atoms with Crippen molar-refractivity contribution in [2.75, 3.05) is 13.1 Å². The van der Waals surface area contributed by atoms with Crippen LogP contribution in [0.4, 0.5) is 0 Å². The first-order valence-electron chi connectivity index (χ1n) is 4.23. The lowest BCUT2D eigenvalue weighted by Crippen LogP contribution is -2.22. The number of Topliss-reactive ketones (excluding diaryl/α,β-unsaturated/α-hetero) is 1. The van der Waals surface area contributed by atoms with Crippen molar-refractivity contribution in [3.8, 4) is 0 Å². The van der Waals surface area contributed by atoms with Crippen LogP contribution in [-0.2, 0) is 0 Å². The van der Waals surface area contributed by atoms with Crippen molar-refractivity contribution >= 4 is 21.7 Å². The van der Waals surface area contributed by atoms with E-state index in [9.17, 15) is 4.79 Å². The highest BCUT2D eigenvalue weighted by Gasteiger charge is 2.03. The van der Waals surface area contributed by atoms with Gasteiger partial charge in [0.15, 0.2) is 5.78 Å². The topological polar surface area (TPSA) is 29.1 Å². The van der Waals surface area contributed by atoms with Crippen LogP contribution in [0.15, 0.2) is 28.7 Å². The quantitative estimate of drug-likeness (QED) is 0.820. The molecule has 1 aromatic rings. The van der Waals surface area contributed by atoms with E-state index in [1.54, 1.807) is 0 Å². The van der Waals surface area contributed by atoms with Gasteiger partial charge in [-0.1, -0.05) is 35.0 Å². The lowest BCUT2D eigenvalue weighted by molar-refractivity contribution is 0.0992. The van der Waals surface area contributed by atoms with Gasteiger partial charge in [-0.3, -0.25) is 4.79 Å². The molecule has 0 aliphatic carbocycles. The van der Waals surface area contributed by atoms with Gasteiger partial charge < -0.3 is 5.32 Å². The molecule has 1 rings (SSSR count). The Kier molecular flexibility index (Phi) is 4.12. The fourth-order valence-electron chi connectivity index (χ4n) is 0.976. The molecule has 13 heavy (non-hydrogen) atoms. The van der Waals surface area contributed by atoms with Gasteiger partial charge in [0.05, 0.1) is 6.54 Å². The molecule has 3 heteroatoms. The second kappa shape index (κ2) is 5.14. The molecule has 0 radical (unpaired) electrons. The molecular formula is C10H12BrNO. The van der Waals surface area contributed by atoms with E-state index in [1.807, 2.05) is 31.2 Å². The zero-order valence-corrected chi connectivity index (χ0v) is 9.10. The lowest BCUT2D eigenvalue weighted by Gasteiger charge is -2.01. The van der Waals surface area contributed by atoms with E-state index in [2.05, 4.69) is 21.2 Å². The van der Waals surface area contributed by atoms with Crippen molar-refractivity contribution in [3.05, 3.63) is 34.3 Å². The van der Waals surface area contributed by atoms with Gasteiger partial charge in [0.2, 0.25) is 0 Å². The van der Waals surface area contributed by atoms with Gasteiger partial charge in [-0.05, 0) is 18.7 Å². The van der Waals surface area contributed by atoms with Crippen LogP contribution in [0.1, 0.15) is 17.3 Å². The smallest absolute Gasteiger partial charge is 0.176 e. The van der Waals surface area contributed by atoms with Crippen LogP contribution in [0, 0.1) is 0 Å². The molecule has 0 aliphatic rings. The van der Waals surface area contributed by atoms with Crippen molar-refractivity contribution in [3.63, 3.8) is 0 Å². The predicted molar refractivity (Wildman–Crippen MR) is 57.0 cm³/mol. The third kappa shape index (κ3) is 3.28. The van der Waals surface area contributed by atoms with E-state index in [1.165, 1.54) is 0 Å². The van der Waals surface area contributed by atoms with Crippen LogP contribution < -0.4 is 5.32 Å². The first kappa shape index (κ1) is 10.4. The fraction of sp³-hybridized carbons (Fsp3) is 0.300. The Morgan fingerprint density at radius 3 is 2.54 bits per heavy atom. The normalized spacial score (nSPS) is 10.0. The van der Waals surface area contributed by atoms with Crippen molar-refractivity contribution in [2.24, 2.45) is 0 Å². The predicted octanol–water partition coefficient (Wildman–Crippen LogP) is 2.24. The number of benzene rings is 1. The molecule has 0 heterocycles. The summed E-state index contributed by atoms with van der Waals surface area (Å²) in [5, 5.41) is 3.00. The Bertz CT molecular complexity index is 281. The number of hydrogen-bond acceptors (Lipinski definition) is 2. The monoisotopic (exact) mass is 241 g/mol. The molecule has 70 valence electrons. The molecule has 0 bridgehead atoms. The van der Waals surface area contributed by atoms with Crippen LogP contribution in [0.2, 0.25) is 0 Å². The lowest BCUT2D eigenvalue weighted by atomic mass is 10.1. The SMILES string of the molecule is CCNCC(=O)c1ccc(Br)cc1. The highest BCUT2D eigenvalue weighted by molar-refractivity contribution is 9.10. The van der Waals surface area contributed by atoms with Crippen molar-refractivity contribution in [2.45, 2.75) is 6.92 Å². The minimum Gasteiger partial charge on any atom is -0.310 e. The summed E-state index contributed by atoms with van der Waals surface area (Å²) in [6.45, 7) is 3.22. The van der Waals surface area contributed by atoms with Gasteiger partial charge in [-0.25, -0.2) is 0 Å².